The van der Waals surface area contributed by atoms with Crippen LogP contribution in [-0.2, 0) is 13.6 Å². The molecule has 1 fully saturated rings. The summed E-state index contributed by atoms with van der Waals surface area (Å²) in [4.78, 5) is 2.43. The van der Waals surface area contributed by atoms with Crippen LogP contribution in [-0.4, -0.2) is 33.9 Å². The van der Waals surface area contributed by atoms with Gasteiger partial charge in [0.2, 0.25) is 0 Å². The fourth-order valence-electron chi connectivity index (χ4n) is 2.96. The van der Waals surface area contributed by atoms with Crippen LogP contribution in [0.4, 0.5) is 4.39 Å². The summed E-state index contributed by atoms with van der Waals surface area (Å²) in [5, 5.41) is 4.39. The molecular formula is C17H22FN3O. The van der Waals surface area contributed by atoms with Crippen molar-refractivity contribution >= 4 is 0 Å². The first-order chi connectivity index (χ1) is 10.6. The molecule has 5 heteroatoms. The number of rotatable bonds is 4. The maximum atomic E-state index is 13.2. The highest BCUT2D eigenvalue weighted by atomic mass is 19.1. The number of halogens is 1. The first-order valence-electron chi connectivity index (χ1n) is 7.74. The minimum absolute atomic E-state index is 0.174. The molecule has 118 valence electrons. The third kappa shape index (κ3) is 3.65. The minimum Gasteiger partial charge on any atom is -0.490 e. The molecule has 0 N–H and O–H groups in total. The van der Waals surface area contributed by atoms with Crippen molar-refractivity contribution in [3.8, 4) is 5.75 Å². The molecule has 1 aromatic heterocycles. The van der Waals surface area contributed by atoms with Gasteiger partial charge in [0.1, 0.15) is 17.7 Å². The van der Waals surface area contributed by atoms with E-state index in [1.165, 1.54) is 17.7 Å². The second kappa shape index (κ2) is 6.48. The SMILES string of the molecule is Cc1nn(C)cc1CN1CCC(Oc2cccc(F)c2)CC1. The zero-order valence-electron chi connectivity index (χ0n) is 13.1. The summed E-state index contributed by atoms with van der Waals surface area (Å²) in [5.74, 6) is 0.378. The topological polar surface area (TPSA) is 30.3 Å². The van der Waals surface area contributed by atoms with Crippen molar-refractivity contribution < 1.29 is 9.13 Å². The molecule has 1 aliphatic heterocycles. The Morgan fingerprint density at radius 3 is 2.73 bits per heavy atom. The van der Waals surface area contributed by atoms with Gasteiger partial charge in [-0.3, -0.25) is 9.58 Å². The fraction of sp³-hybridized carbons (Fsp3) is 0.471. The van der Waals surface area contributed by atoms with Gasteiger partial charge < -0.3 is 4.74 Å². The second-order valence-corrected chi connectivity index (χ2v) is 5.96. The van der Waals surface area contributed by atoms with E-state index < -0.39 is 0 Å². The molecule has 3 rings (SSSR count). The van der Waals surface area contributed by atoms with Gasteiger partial charge in [0, 0.05) is 44.5 Å². The molecular weight excluding hydrogens is 281 g/mol. The number of hydrogen-bond donors (Lipinski definition) is 0. The summed E-state index contributed by atoms with van der Waals surface area (Å²) < 4.78 is 20.9. The van der Waals surface area contributed by atoms with Gasteiger partial charge in [-0.2, -0.15) is 5.10 Å². The van der Waals surface area contributed by atoms with Crippen LogP contribution < -0.4 is 4.74 Å². The van der Waals surface area contributed by atoms with Gasteiger partial charge in [0.25, 0.3) is 0 Å². The Morgan fingerprint density at radius 1 is 1.32 bits per heavy atom. The lowest BCUT2D eigenvalue weighted by Crippen LogP contribution is -2.37. The summed E-state index contributed by atoms with van der Waals surface area (Å²) in [6, 6.07) is 6.39. The third-order valence-electron chi connectivity index (χ3n) is 4.14. The van der Waals surface area contributed by atoms with Gasteiger partial charge in [-0.25, -0.2) is 4.39 Å². The standard InChI is InChI=1S/C17H22FN3O/c1-13-14(11-20(2)19-13)12-21-8-6-16(7-9-21)22-17-5-3-4-15(18)10-17/h3-5,10-11,16H,6-9,12H2,1-2H3. The van der Waals surface area contributed by atoms with E-state index >= 15 is 0 Å². The molecule has 0 atom stereocenters. The average Bonchev–Trinajstić information content (AvgIpc) is 2.79. The van der Waals surface area contributed by atoms with Gasteiger partial charge >= 0.3 is 0 Å². The summed E-state index contributed by atoms with van der Waals surface area (Å²) in [6.45, 7) is 4.98. The molecule has 0 unspecified atom stereocenters. The predicted octanol–water partition coefficient (Wildman–Crippen LogP) is 2.91. The molecule has 0 amide bonds. The molecule has 2 heterocycles. The molecule has 1 aromatic carbocycles. The summed E-state index contributed by atoms with van der Waals surface area (Å²) in [5.41, 5.74) is 2.38. The molecule has 4 nitrogen and oxygen atoms in total. The Kier molecular flexibility index (Phi) is 4.43. The highest BCUT2D eigenvalue weighted by molar-refractivity contribution is 5.22. The van der Waals surface area contributed by atoms with Crippen molar-refractivity contribution in [2.75, 3.05) is 13.1 Å². The largest absolute Gasteiger partial charge is 0.490 e. The zero-order valence-corrected chi connectivity index (χ0v) is 13.1. The molecule has 1 saturated heterocycles. The number of aromatic nitrogens is 2. The number of piperidine rings is 1. The highest BCUT2D eigenvalue weighted by Gasteiger charge is 2.21. The van der Waals surface area contributed by atoms with Crippen molar-refractivity contribution in [2.45, 2.75) is 32.4 Å². The Morgan fingerprint density at radius 2 is 2.09 bits per heavy atom. The maximum absolute atomic E-state index is 13.2. The predicted molar refractivity (Wildman–Crippen MR) is 83.3 cm³/mol. The van der Waals surface area contributed by atoms with Crippen LogP contribution in [0.1, 0.15) is 24.1 Å². The Labute approximate surface area is 130 Å². The molecule has 0 bridgehead atoms. The number of likely N-dealkylation sites (tertiary alicyclic amines) is 1. The monoisotopic (exact) mass is 303 g/mol. The molecule has 22 heavy (non-hydrogen) atoms. The Balaban J connectivity index is 1.51. The minimum atomic E-state index is -0.248. The fourth-order valence-corrected chi connectivity index (χ4v) is 2.96. The van der Waals surface area contributed by atoms with Crippen LogP contribution in [0.5, 0.6) is 5.75 Å². The van der Waals surface area contributed by atoms with Crippen LogP contribution in [0, 0.1) is 12.7 Å². The second-order valence-electron chi connectivity index (χ2n) is 5.96. The smallest absolute Gasteiger partial charge is 0.126 e. The van der Waals surface area contributed by atoms with Crippen LogP contribution in [0.15, 0.2) is 30.5 Å². The zero-order chi connectivity index (χ0) is 15.5. The first-order valence-corrected chi connectivity index (χ1v) is 7.74. The Hall–Kier alpha value is -1.88. The van der Waals surface area contributed by atoms with Crippen molar-refractivity contribution in [1.82, 2.24) is 14.7 Å². The normalized spacial score (nSPS) is 16.9. The molecule has 0 radical (unpaired) electrons. The van der Waals surface area contributed by atoms with Gasteiger partial charge in [0.15, 0.2) is 0 Å². The lowest BCUT2D eigenvalue weighted by Gasteiger charge is -2.32. The lowest BCUT2D eigenvalue weighted by molar-refractivity contribution is 0.0964. The highest BCUT2D eigenvalue weighted by Crippen LogP contribution is 2.21. The maximum Gasteiger partial charge on any atom is 0.126 e. The van der Waals surface area contributed by atoms with E-state index in [4.69, 9.17) is 4.74 Å². The quantitative estimate of drug-likeness (QED) is 0.870. The van der Waals surface area contributed by atoms with Gasteiger partial charge in [-0.05, 0) is 31.9 Å². The van der Waals surface area contributed by atoms with Gasteiger partial charge in [-0.15, -0.1) is 0 Å². The van der Waals surface area contributed by atoms with E-state index in [1.807, 2.05) is 17.8 Å². The van der Waals surface area contributed by atoms with Crippen LogP contribution in [0.25, 0.3) is 0 Å². The van der Waals surface area contributed by atoms with Crippen molar-refractivity contribution in [1.29, 1.82) is 0 Å². The number of ether oxygens (including phenoxy) is 1. The van der Waals surface area contributed by atoms with Crippen LogP contribution in [0.3, 0.4) is 0 Å². The number of benzene rings is 1. The average molecular weight is 303 g/mol. The summed E-state index contributed by atoms with van der Waals surface area (Å²) in [7, 11) is 1.95. The van der Waals surface area contributed by atoms with E-state index in [-0.39, 0.29) is 11.9 Å². The molecule has 0 spiro atoms. The molecule has 1 aliphatic rings. The van der Waals surface area contributed by atoms with E-state index in [9.17, 15) is 4.39 Å². The van der Waals surface area contributed by atoms with Crippen molar-refractivity contribution in [3.63, 3.8) is 0 Å². The van der Waals surface area contributed by atoms with E-state index in [0.717, 1.165) is 38.2 Å². The van der Waals surface area contributed by atoms with Crippen molar-refractivity contribution in [3.05, 3.63) is 47.5 Å². The molecule has 2 aromatic rings. The lowest BCUT2D eigenvalue weighted by atomic mass is 10.1. The number of hydrogen-bond acceptors (Lipinski definition) is 3. The van der Waals surface area contributed by atoms with E-state index in [0.29, 0.717) is 5.75 Å². The molecule has 0 aliphatic carbocycles. The van der Waals surface area contributed by atoms with Gasteiger partial charge in [0.05, 0.1) is 5.69 Å². The van der Waals surface area contributed by atoms with Crippen LogP contribution >= 0.6 is 0 Å². The summed E-state index contributed by atoms with van der Waals surface area (Å²) in [6.07, 6.45) is 4.20. The van der Waals surface area contributed by atoms with E-state index in [2.05, 4.69) is 23.1 Å². The van der Waals surface area contributed by atoms with E-state index in [1.54, 1.807) is 6.07 Å². The third-order valence-corrected chi connectivity index (χ3v) is 4.14. The number of nitrogens with zero attached hydrogens (tertiary/aromatic N) is 3. The van der Waals surface area contributed by atoms with Crippen molar-refractivity contribution in [2.24, 2.45) is 7.05 Å². The Bertz CT molecular complexity index is 633. The van der Waals surface area contributed by atoms with Gasteiger partial charge in [-0.1, -0.05) is 6.07 Å². The molecule has 0 saturated carbocycles. The first kappa shape index (κ1) is 15.0. The summed E-state index contributed by atoms with van der Waals surface area (Å²) >= 11 is 0. The number of aryl methyl sites for hydroxylation is 2. The van der Waals surface area contributed by atoms with Crippen LogP contribution in [0.2, 0.25) is 0 Å².